The highest BCUT2D eigenvalue weighted by Crippen LogP contribution is 2.02. The Kier molecular flexibility index (Phi) is 7.17. The van der Waals surface area contributed by atoms with Crippen LogP contribution < -0.4 is 11.4 Å². The molecule has 0 aliphatic heterocycles. The van der Waals surface area contributed by atoms with Crippen LogP contribution >= 0.6 is 0 Å². The second-order valence-corrected chi connectivity index (χ2v) is 2.73. The summed E-state index contributed by atoms with van der Waals surface area (Å²) in [7, 11) is 1.71. The number of aliphatic hydroxyl groups excluding tert-OH is 1. The number of ether oxygens (including phenoxy) is 1. The van der Waals surface area contributed by atoms with Gasteiger partial charge < -0.3 is 9.84 Å². The third kappa shape index (κ3) is 5.79. The molecular weight excluding hydrogens is 184 g/mol. The van der Waals surface area contributed by atoms with Gasteiger partial charge in [-0.3, -0.25) is 10.8 Å². The van der Waals surface area contributed by atoms with E-state index in [1.807, 2.05) is 0 Å². The Bertz CT molecular complexity index is 186. The lowest BCUT2D eigenvalue weighted by atomic mass is 10.4. The molecule has 0 aromatic rings. The summed E-state index contributed by atoms with van der Waals surface area (Å²) in [6.45, 7) is 5.03. The van der Waals surface area contributed by atoms with Crippen LogP contribution in [-0.4, -0.2) is 36.4 Å². The topological polar surface area (TPSA) is 83.1 Å². The van der Waals surface area contributed by atoms with E-state index >= 15 is 0 Å². The molecule has 0 radical (unpaired) electrons. The maximum atomic E-state index is 9.36. The highest BCUT2D eigenvalue weighted by molar-refractivity contribution is 5.25. The zero-order chi connectivity index (χ0) is 11.0. The maximum absolute atomic E-state index is 9.36. The first-order chi connectivity index (χ1) is 6.61. The SMILES string of the molecule is C=N/C=C\CC(O)OC(C)N(C)NN. The number of nitrogens with two attached hydrogens (primary N) is 1. The van der Waals surface area contributed by atoms with Crippen molar-refractivity contribution in [1.29, 1.82) is 0 Å². The Morgan fingerprint density at radius 1 is 1.79 bits per heavy atom. The van der Waals surface area contributed by atoms with E-state index in [1.165, 1.54) is 11.2 Å². The molecule has 0 rings (SSSR count). The van der Waals surface area contributed by atoms with Gasteiger partial charge in [0.2, 0.25) is 0 Å². The average molecular weight is 202 g/mol. The predicted molar refractivity (Wildman–Crippen MR) is 54.9 cm³/mol. The molecule has 6 heteroatoms. The van der Waals surface area contributed by atoms with Gasteiger partial charge in [-0.15, -0.1) is 0 Å². The lowest BCUT2D eigenvalue weighted by molar-refractivity contribution is -0.178. The van der Waals surface area contributed by atoms with Gasteiger partial charge in [-0.25, -0.2) is 5.01 Å². The van der Waals surface area contributed by atoms with Crippen molar-refractivity contribution in [3.8, 4) is 0 Å². The molecule has 0 aromatic carbocycles. The second-order valence-electron chi connectivity index (χ2n) is 2.73. The van der Waals surface area contributed by atoms with Gasteiger partial charge in [0, 0.05) is 19.7 Å². The van der Waals surface area contributed by atoms with E-state index in [0.29, 0.717) is 6.42 Å². The normalized spacial score (nSPS) is 16.1. The largest absolute Gasteiger partial charge is 0.368 e. The van der Waals surface area contributed by atoms with E-state index in [0.717, 1.165) is 0 Å². The van der Waals surface area contributed by atoms with E-state index in [4.69, 9.17) is 10.6 Å². The zero-order valence-electron chi connectivity index (χ0n) is 8.55. The smallest absolute Gasteiger partial charge is 0.160 e. The van der Waals surface area contributed by atoms with E-state index in [2.05, 4.69) is 17.2 Å². The molecule has 0 bridgehead atoms. The Hall–Kier alpha value is -0.790. The van der Waals surface area contributed by atoms with Crippen molar-refractivity contribution in [2.24, 2.45) is 10.8 Å². The Morgan fingerprint density at radius 3 is 2.93 bits per heavy atom. The molecule has 0 spiro atoms. The summed E-state index contributed by atoms with van der Waals surface area (Å²) in [5, 5.41) is 10.9. The molecule has 82 valence electrons. The van der Waals surface area contributed by atoms with Gasteiger partial charge in [0.15, 0.2) is 6.29 Å². The quantitative estimate of drug-likeness (QED) is 0.226. The van der Waals surface area contributed by atoms with Crippen molar-refractivity contribution in [2.75, 3.05) is 7.05 Å². The van der Waals surface area contributed by atoms with Gasteiger partial charge in [0.05, 0.1) is 0 Å². The summed E-state index contributed by atoms with van der Waals surface area (Å²) in [6.07, 6.45) is 2.34. The van der Waals surface area contributed by atoms with Crippen molar-refractivity contribution < 1.29 is 9.84 Å². The number of aliphatic hydroxyl groups is 1. The van der Waals surface area contributed by atoms with Crippen LogP contribution in [0.15, 0.2) is 17.3 Å². The standard InChI is InChI=1S/C8H18N4O2/c1-7(12(3)11-9)14-8(13)5-4-6-10-2/h4,6-8,11,13H,2,5,9H2,1,3H3/b6-4-. The molecule has 0 amide bonds. The van der Waals surface area contributed by atoms with Gasteiger partial charge in [-0.05, 0) is 13.6 Å². The number of nitrogens with one attached hydrogen (secondary N) is 1. The van der Waals surface area contributed by atoms with E-state index in [9.17, 15) is 5.11 Å². The number of aliphatic imine (C=N–C) groups is 1. The Labute approximate surface area is 84.0 Å². The number of hydrazine groups is 2. The first kappa shape index (κ1) is 13.2. The van der Waals surface area contributed by atoms with Crippen LogP contribution in [0.25, 0.3) is 0 Å². The van der Waals surface area contributed by atoms with Crippen LogP contribution in [0, 0.1) is 0 Å². The molecule has 6 nitrogen and oxygen atoms in total. The molecule has 0 saturated carbocycles. The molecule has 0 aliphatic rings. The van der Waals surface area contributed by atoms with Crippen molar-refractivity contribution in [3.63, 3.8) is 0 Å². The van der Waals surface area contributed by atoms with Gasteiger partial charge in [-0.2, -0.15) is 5.53 Å². The Morgan fingerprint density at radius 2 is 2.43 bits per heavy atom. The third-order valence-electron chi connectivity index (χ3n) is 1.65. The number of hydrogen-bond acceptors (Lipinski definition) is 6. The maximum Gasteiger partial charge on any atom is 0.160 e. The van der Waals surface area contributed by atoms with Crippen molar-refractivity contribution in [1.82, 2.24) is 10.5 Å². The summed E-state index contributed by atoms with van der Waals surface area (Å²) in [6, 6.07) is 0. The van der Waals surface area contributed by atoms with Crippen LogP contribution in [0.4, 0.5) is 0 Å². The highest BCUT2D eigenvalue weighted by atomic mass is 16.6. The molecule has 14 heavy (non-hydrogen) atoms. The molecule has 0 aliphatic carbocycles. The molecule has 0 heterocycles. The van der Waals surface area contributed by atoms with Gasteiger partial charge in [0.25, 0.3) is 0 Å². The first-order valence-corrected chi connectivity index (χ1v) is 4.25. The number of rotatable bonds is 7. The van der Waals surface area contributed by atoms with Gasteiger partial charge in [0.1, 0.15) is 6.23 Å². The van der Waals surface area contributed by atoms with Crippen LogP contribution in [0.2, 0.25) is 0 Å². The fourth-order valence-electron chi connectivity index (χ4n) is 0.731. The lowest BCUT2D eigenvalue weighted by Crippen LogP contribution is -2.47. The minimum atomic E-state index is -0.876. The van der Waals surface area contributed by atoms with Crippen molar-refractivity contribution in [3.05, 3.63) is 12.3 Å². The molecular formula is C8H18N4O2. The van der Waals surface area contributed by atoms with Crippen LogP contribution in [-0.2, 0) is 4.74 Å². The fraction of sp³-hybridized carbons (Fsp3) is 0.625. The molecule has 0 saturated heterocycles. The summed E-state index contributed by atoms with van der Waals surface area (Å²) < 4.78 is 5.18. The van der Waals surface area contributed by atoms with Crippen LogP contribution in [0.5, 0.6) is 0 Å². The Balaban J connectivity index is 3.75. The van der Waals surface area contributed by atoms with Crippen molar-refractivity contribution >= 4 is 6.72 Å². The summed E-state index contributed by atoms with van der Waals surface area (Å²) >= 11 is 0. The van der Waals surface area contributed by atoms with Gasteiger partial charge in [-0.1, -0.05) is 6.08 Å². The monoisotopic (exact) mass is 202 g/mol. The first-order valence-electron chi connectivity index (χ1n) is 4.25. The summed E-state index contributed by atoms with van der Waals surface area (Å²) in [5.41, 5.74) is 2.39. The molecule has 2 unspecified atom stereocenters. The van der Waals surface area contributed by atoms with Crippen LogP contribution in [0.3, 0.4) is 0 Å². The fourth-order valence-corrected chi connectivity index (χ4v) is 0.731. The highest BCUT2D eigenvalue weighted by Gasteiger charge is 2.12. The van der Waals surface area contributed by atoms with Gasteiger partial charge >= 0.3 is 0 Å². The zero-order valence-corrected chi connectivity index (χ0v) is 8.55. The lowest BCUT2D eigenvalue weighted by Gasteiger charge is -2.25. The number of nitrogens with zero attached hydrogens (tertiary/aromatic N) is 2. The molecule has 0 aromatic heterocycles. The van der Waals surface area contributed by atoms with Crippen LogP contribution in [0.1, 0.15) is 13.3 Å². The minimum absolute atomic E-state index is 0.319. The third-order valence-corrected chi connectivity index (χ3v) is 1.65. The van der Waals surface area contributed by atoms with E-state index in [-0.39, 0.29) is 6.23 Å². The minimum Gasteiger partial charge on any atom is -0.368 e. The van der Waals surface area contributed by atoms with Crippen molar-refractivity contribution in [2.45, 2.75) is 25.9 Å². The second kappa shape index (κ2) is 7.60. The summed E-state index contributed by atoms with van der Waals surface area (Å²) in [5.74, 6) is 5.15. The average Bonchev–Trinajstić information content (AvgIpc) is 2.16. The molecule has 4 N–H and O–H groups in total. The molecule has 2 atom stereocenters. The number of hydrogen-bond donors (Lipinski definition) is 3. The molecule has 0 fully saturated rings. The van der Waals surface area contributed by atoms with E-state index < -0.39 is 6.29 Å². The summed E-state index contributed by atoms with van der Waals surface area (Å²) in [4.78, 5) is 3.50. The predicted octanol–water partition coefficient (Wildman–Crippen LogP) is -0.418. The van der Waals surface area contributed by atoms with E-state index in [1.54, 1.807) is 20.0 Å².